The number of halogens is 1. The third-order valence-electron chi connectivity index (χ3n) is 6.01. The number of aromatic nitrogens is 3. The Morgan fingerprint density at radius 2 is 2.06 bits per heavy atom. The number of amides is 1. The molecule has 1 aliphatic rings. The summed E-state index contributed by atoms with van der Waals surface area (Å²) in [6.45, 7) is 4.22. The molecule has 9 heteroatoms. The summed E-state index contributed by atoms with van der Waals surface area (Å²) >= 11 is 2.61. The van der Waals surface area contributed by atoms with Crippen LogP contribution in [0.4, 0.5) is 9.52 Å². The lowest BCUT2D eigenvalue weighted by molar-refractivity contribution is 0.103. The lowest BCUT2D eigenvalue weighted by Gasteiger charge is -2.08. The van der Waals surface area contributed by atoms with Crippen molar-refractivity contribution >= 4 is 43.9 Å². The van der Waals surface area contributed by atoms with E-state index in [-0.39, 0.29) is 17.3 Å². The fourth-order valence-electron chi connectivity index (χ4n) is 4.17. The minimum Gasteiger partial charge on any atom is -0.297 e. The lowest BCUT2D eigenvalue weighted by Crippen LogP contribution is -2.24. The predicted molar refractivity (Wildman–Crippen MR) is 130 cm³/mol. The highest BCUT2D eigenvalue weighted by Gasteiger charge is 2.23. The van der Waals surface area contributed by atoms with Gasteiger partial charge in [-0.05, 0) is 49.4 Å². The number of fused-ring (bicyclic) bond motifs is 2. The van der Waals surface area contributed by atoms with Crippen molar-refractivity contribution in [3.63, 3.8) is 0 Å². The van der Waals surface area contributed by atoms with Crippen LogP contribution in [-0.4, -0.2) is 20.4 Å². The summed E-state index contributed by atoms with van der Waals surface area (Å²) in [6, 6.07) is 5.18. The molecule has 0 fully saturated rings. The van der Waals surface area contributed by atoms with Crippen molar-refractivity contribution in [1.82, 2.24) is 14.5 Å². The van der Waals surface area contributed by atoms with Crippen molar-refractivity contribution in [2.45, 2.75) is 52.5 Å². The second-order valence-corrected chi connectivity index (χ2v) is 10.5. The lowest BCUT2D eigenvalue weighted by atomic mass is 10.1. The molecule has 0 unspecified atom stereocenters. The summed E-state index contributed by atoms with van der Waals surface area (Å²) in [6.07, 6.45) is 6.11. The number of carbonyl (C=O) groups is 1. The maximum Gasteiger partial charge on any atom is 0.267 e. The Hall–Kier alpha value is -2.91. The number of benzene rings is 1. The standard InChI is InChI=1S/C24H23FN4O2S2/c1-13-7-8-15(11-17(13)25)10-16-12-26-24(32-16)28-21(30)20-14(2)19-22(33-20)27-18-6-4-3-5-9-29(18)23(19)31/h7-8,11-12H,3-6,9-10H2,1-2H3,(H,26,28,30). The van der Waals surface area contributed by atoms with Gasteiger partial charge in [-0.25, -0.2) is 14.4 Å². The summed E-state index contributed by atoms with van der Waals surface area (Å²) in [5, 5.41) is 3.86. The Bertz CT molecular complexity index is 1440. The van der Waals surface area contributed by atoms with E-state index in [0.29, 0.717) is 44.3 Å². The summed E-state index contributed by atoms with van der Waals surface area (Å²) in [5.74, 6) is 0.292. The maximum atomic E-state index is 13.8. The zero-order valence-corrected chi connectivity index (χ0v) is 20.0. The van der Waals surface area contributed by atoms with Gasteiger partial charge in [0.05, 0.1) is 10.3 Å². The molecule has 6 nitrogen and oxygen atoms in total. The number of hydrogen-bond acceptors (Lipinski definition) is 6. The second-order valence-electron chi connectivity index (χ2n) is 8.38. The number of nitrogens with zero attached hydrogens (tertiary/aromatic N) is 3. The molecule has 5 rings (SSSR count). The molecule has 0 spiro atoms. The van der Waals surface area contributed by atoms with Gasteiger partial charge in [-0.1, -0.05) is 18.6 Å². The van der Waals surface area contributed by atoms with Gasteiger partial charge >= 0.3 is 0 Å². The first kappa shape index (κ1) is 21.9. The fourth-order valence-corrected chi connectivity index (χ4v) is 6.10. The molecule has 0 aliphatic carbocycles. The van der Waals surface area contributed by atoms with E-state index in [0.717, 1.165) is 41.9 Å². The Morgan fingerprint density at radius 1 is 1.21 bits per heavy atom. The van der Waals surface area contributed by atoms with Gasteiger partial charge in [0.25, 0.3) is 11.5 Å². The van der Waals surface area contributed by atoms with Gasteiger partial charge in [-0.2, -0.15) is 0 Å². The Labute approximate surface area is 198 Å². The molecule has 4 heterocycles. The van der Waals surface area contributed by atoms with E-state index in [1.54, 1.807) is 30.7 Å². The number of thiophene rings is 1. The summed E-state index contributed by atoms with van der Waals surface area (Å²) < 4.78 is 15.6. The van der Waals surface area contributed by atoms with Gasteiger partial charge in [0.1, 0.15) is 16.5 Å². The second kappa shape index (κ2) is 8.79. The predicted octanol–water partition coefficient (Wildman–Crippen LogP) is 5.24. The van der Waals surface area contributed by atoms with Crippen LogP contribution in [0.25, 0.3) is 10.2 Å². The average molecular weight is 483 g/mol. The van der Waals surface area contributed by atoms with Crippen molar-refractivity contribution in [2.24, 2.45) is 0 Å². The number of nitrogens with one attached hydrogen (secondary N) is 1. The molecule has 0 bridgehead atoms. The van der Waals surface area contributed by atoms with Gasteiger partial charge in [0, 0.05) is 30.5 Å². The molecule has 4 aromatic rings. The van der Waals surface area contributed by atoms with E-state index in [4.69, 9.17) is 4.98 Å². The zero-order chi connectivity index (χ0) is 23.1. The molecule has 0 atom stereocenters. The van der Waals surface area contributed by atoms with Crippen LogP contribution in [0.15, 0.2) is 29.2 Å². The van der Waals surface area contributed by atoms with E-state index in [2.05, 4.69) is 10.3 Å². The molecule has 0 radical (unpaired) electrons. The number of aryl methyl sites for hydroxylation is 3. The maximum absolute atomic E-state index is 13.8. The van der Waals surface area contributed by atoms with Gasteiger partial charge in [0.2, 0.25) is 0 Å². The molecule has 3 aromatic heterocycles. The normalized spacial score (nSPS) is 13.7. The van der Waals surface area contributed by atoms with E-state index >= 15 is 0 Å². The zero-order valence-electron chi connectivity index (χ0n) is 18.4. The molecule has 1 aromatic carbocycles. The van der Waals surface area contributed by atoms with E-state index < -0.39 is 0 Å². The van der Waals surface area contributed by atoms with Crippen LogP contribution in [0.2, 0.25) is 0 Å². The molecule has 1 amide bonds. The summed E-state index contributed by atoms with van der Waals surface area (Å²) in [4.78, 5) is 37.2. The summed E-state index contributed by atoms with van der Waals surface area (Å²) in [5.41, 5.74) is 2.08. The van der Waals surface area contributed by atoms with Crippen molar-refractivity contribution < 1.29 is 9.18 Å². The van der Waals surface area contributed by atoms with E-state index in [1.165, 1.54) is 28.7 Å². The van der Waals surface area contributed by atoms with Crippen molar-refractivity contribution in [3.8, 4) is 0 Å². The van der Waals surface area contributed by atoms with Crippen LogP contribution in [0.3, 0.4) is 0 Å². The quantitative estimate of drug-likeness (QED) is 0.432. The van der Waals surface area contributed by atoms with Crippen molar-refractivity contribution in [2.75, 3.05) is 5.32 Å². The number of rotatable bonds is 4. The Kier molecular flexibility index (Phi) is 5.84. The first-order valence-corrected chi connectivity index (χ1v) is 12.6. The molecule has 0 saturated carbocycles. The molecule has 1 aliphatic heterocycles. The van der Waals surface area contributed by atoms with Crippen molar-refractivity contribution in [1.29, 1.82) is 0 Å². The SMILES string of the molecule is Cc1ccc(Cc2cnc(NC(=O)c3sc4nc5n(c(=O)c4c3C)CCCCC5)s2)cc1F. The molecule has 0 saturated heterocycles. The van der Waals surface area contributed by atoms with Gasteiger partial charge in [0.15, 0.2) is 5.13 Å². The molecule has 1 N–H and O–H groups in total. The van der Waals surface area contributed by atoms with E-state index in [9.17, 15) is 14.0 Å². The molecular formula is C24H23FN4O2S2. The number of anilines is 1. The molecule has 170 valence electrons. The van der Waals surface area contributed by atoms with E-state index in [1.807, 2.05) is 6.07 Å². The van der Waals surface area contributed by atoms with Gasteiger partial charge in [-0.15, -0.1) is 22.7 Å². The average Bonchev–Trinajstić information content (AvgIpc) is 3.26. The van der Waals surface area contributed by atoms with Crippen LogP contribution in [0, 0.1) is 19.7 Å². The van der Waals surface area contributed by atoms with Crippen LogP contribution >= 0.6 is 22.7 Å². The smallest absolute Gasteiger partial charge is 0.267 e. The minimum atomic E-state index is -0.294. The number of hydrogen-bond donors (Lipinski definition) is 1. The highest BCUT2D eigenvalue weighted by atomic mass is 32.1. The number of carbonyl (C=O) groups excluding carboxylic acids is 1. The molecule has 33 heavy (non-hydrogen) atoms. The highest BCUT2D eigenvalue weighted by molar-refractivity contribution is 7.21. The Balaban J connectivity index is 1.38. The first-order chi connectivity index (χ1) is 15.9. The first-order valence-electron chi connectivity index (χ1n) is 10.9. The third kappa shape index (κ3) is 4.22. The number of thiazole rings is 1. The fraction of sp³-hybridized carbons (Fsp3) is 0.333. The molecular weight excluding hydrogens is 459 g/mol. The Morgan fingerprint density at radius 3 is 2.88 bits per heavy atom. The van der Waals surface area contributed by atoms with Crippen LogP contribution < -0.4 is 10.9 Å². The van der Waals surface area contributed by atoms with Gasteiger partial charge < -0.3 is 0 Å². The third-order valence-corrected chi connectivity index (χ3v) is 8.10. The highest BCUT2D eigenvalue weighted by Crippen LogP contribution is 2.30. The summed E-state index contributed by atoms with van der Waals surface area (Å²) in [7, 11) is 0. The van der Waals surface area contributed by atoms with Crippen molar-refractivity contribution in [3.05, 3.63) is 72.8 Å². The minimum absolute atomic E-state index is 0.0495. The van der Waals surface area contributed by atoms with Crippen LogP contribution in [0.5, 0.6) is 0 Å². The topological polar surface area (TPSA) is 76.9 Å². The van der Waals surface area contributed by atoms with Crippen LogP contribution in [0.1, 0.15) is 56.3 Å². The largest absolute Gasteiger partial charge is 0.297 e. The van der Waals surface area contributed by atoms with Gasteiger partial charge in [-0.3, -0.25) is 19.5 Å². The van der Waals surface area contributed by atoms with Crippen LogP contribution in [-0.2, 0) is 19.4 Å². The monoisotopic (exact) mass is 482 g/mol.